The maximum absolute atomic E-state index is 11.7. The Kier molecular flexibility index (Phi) is 5.73. The molecular weight excluding hydrogens is 270 g/mol. The molecule has 21 heavy (non-hydrogen) atoms. The first-order valence-electron chi connectivity index (χ1n) is 6.61. The highest BCUT2D eigenvalue weighted by Crippen LogP contribution is 2.18. The molecule has 0 saturated heterocycles. The van der Waals surface area contributed by atoms with Gasteiger partial charge >= 0.3 is 0 Å². The van der Waals surface area contributed by atoms with Crippen molar-refractivity contribution < 1.29 is 14.3 Å². The van der Waals surface area contributed by atoms with Crippen molar-refractivity contribution in [2.75, 3.05) is 6.61 Å². The Morgan fingerprint density at radius 3 is 2.38 bits per heavy atom. The first-order valence-corrected chi connectivity index (χ1v) is 6.61. The van der Waals surface area contributed by atoms with Crippen molar-refractivity contribution in [2.24, 2.45) is 5.41 Å². The van der Waals surface area contributed by atoms with Gasteiger partial charge < -0.3 is 4.74 Å². The summed E-state index contributed by atoms with van der Waals surface area (Å²) in [6, 6.07) is 8.38. The van der Waals surface area contributed by atoms with Crippen molar-refractivity contribution in [3.8, 4) is 11.8 Å². The normalized spacial score (nSPS) is 10.4. The van der Waals surface area contributed by atoms with Gasteiger partial charge in [0.1, 0.15) is 5.75 Å². The van der Waals surface area contributed by atoms with E-state index in [1.54, 1.807) is 38.1 Å². The summed E-state index contributed by atoms with van der Waals surface area (Å²) >= 11 is 0. The number of benzene rings is 1. The maximum Gasteiger partial charge on any atom is 0.276 e. The highest BCUT2D eigenvalue weighted by Gasteiger charge is 2.25. The number of nitriles is 1. The van der Waals surface area contributed by atoms with E-state index in [4.69, 9.17) is 10.00 Å². The number of nitrogens with zero attached hydrogens (tertiary/aromatic N) is 1. The second-order valence-electron chi connectivity index (χ2n) is 5.16. The molecule has 0 saturated carbocycles. The lowest BCUT2D eigenvalue weighted by Gasteiger charge is -2.21. The fourth-order valence-electron chi connectivity index (χ4n) is 1.27. The molecule has 0 fully saturated rings. The molecule has 0 aliphatic heterocycles. The van der Waals surface area contributed by atoms with Crippen LogP contribution in [0.5, 0.6) is 5.75 Å². The standard InChI is InChI=1S/C15H19N3O3/c1-4-15(2,3)14(20)18-17-13(19)10-21-12-7-5-11(9-16)6-8-12/h5-8H,4,10H2,1-3H3,(H,17,19)(H,18,20). The molecule has 1 aromatic carbocycles. The highest BCUT2D eigenvalue weighted by molar-refractivity contribution is 5.85. The van der Waals surface area contributed by atoms with Gasteiger partial charge in [0.05, 0.1) is 11.6 Å². The van der Waals surface area contributed by atoms with Crippen molar-refractivity contribution >= 4 is 11.8 Å². The number of hydrogen-bond acceptors (Lipinski definition) is 4. The average Bonchev–Trinajstić information content (AvgIpc) is 2.50. The van der Waals surface area contributed by atoms with Crippen molar-refractivity contribution in [2.45, 2.75) is 27.2 Å². The lowest BCUT2D eigenvalue weighted by atomic mass is 9.90. The van der Waals surface area contributed by atoms with E-state index in [-0.39, 0.29) is 12.5 Å². The number of hydrazine groups is 1. The van der Waals surface area contributed by atoms with E-state index in [2.05, 4.69) is 10.9 Å². The van der Waals surface area contributed by atoms with Gasteiger partial charge in [0.15, 0.2) is 6.61 Å². The van der Waals surface area contributed by atoms with Gasteiger partial charge in [0, 0.05) is 5.41 Å². The lowest BCUT2D eigenvalue weighted by molar-refractivity contribution is -0.135. The Morgan fingerprint density at radius 2 is 1.86 bits per heavy atom. The molecule has 0 radical (unpaired) electrons. The van der Waals surface area contributed by atoms with Crippen LogP contribution in [0.15, 0.2) is 24.3 Å². The van der Waals surface area contributed by atoms with Crippen LogP contribution in [0, 0.1) is 16.7 Å². The number of carbonyl (C=O) groups is 2. The fraction of sp³-hybridized carbons (Fsp3) is 0.400. The Balaban J connectivity index is 2.37. The zero-order valence-corrected chi connectivity index (χ0v) is 12.4. The SMILES string of the molecule is CCC(C)(C)C(=O)NNC(=O)COc1ccc(C#N)cc1. The summed E-state index contributed by atoms with van der Waals surface area (Å²) in [4.78, 5) is 23.3. The molecule has 0 heterocycles. The Bertz CT molecular complexity index is 544. The molecule has 0 atom stereocenters. The summed E-state index contributed by atoms with van der Waals surface area (Å²) in [5, 5.41) is 8.66. The third kappa shape index (κ3) is 5.15. The molecule has 1 rings (SSSR count). The summed E-state index contributed by atoms with van der Waals surface area (Å²) in [7, 11) is 0. The van der Waals surface area contributed by atoms with Crippen LogP contribution in [0.4, 0.5) is 0 Å². The molecule has 0 spiro atoms. The first-order chi connectivity index (χ1) is 9.89. The maximum atomic E-state index is 11.7. The molecule has 112 valence electrons. The molecule has 0 bridgehead atoms. The topological polar surface area (TPSA) is 91.2 Å². The zero-order chi connectivity index (χ0) is 15.9. The van der Waals surface area contributed by atoms with Gasteiger partial charge in [-0.05, 0) is 30.7 Å². The van der Waals surface area contributed by atoms with Crippen LogP contribution in [0.2, 0.25) is 0 Å². The molecule has 6 heteroatoms. The van der Waals surface area contributed by atoms with Gasteiger partial charge in [-0.25, -0.2) is 0 Å². The van der Waals surface area contributed by atoms with Crippen LogP contribution in [0.1, 0.15) is 32.8 Å². The van der Waals surface area contributed by atoms with Crippen LogP contribution in [0.3, 0.4) is 0 Å². The summed E-state index contributed by atoms with van der Waals surface area (Å²) in [6.45, 7) is 5.26. The van der Waals surface area contributed by atoms with E-state index in [0.29, 0.717) is 17.7 Å². The number of rotatable bonds is 5. The van der Waals surface area contributed by atoms with Crippen LogP contribution in [0.25, 0.3) is 0 Å². The molecule has 0 aromatic heterocycles. The van der Waals surface area contributed by atoms with E-state index in [1.165, 1.54) is 0 Å². The van der Waals surface area contributed by atoms with E-state index >= 15 is 0 Å². The largest absolute Gasteiger partial charge is 0.484 e. The molecule has 0 unspecified atom stereocenters. The molecular formula is C15H19N3O3. The fourth-order valence-corrected chi connectivity index (χ4v) is 1.27. The highest BCUT2D eigenvalue weighted by atomic mass is 16.5. The number of ether oxygens (including phenoxy) is 1. The third-order valence-corrected chi connectivity index (χ3v) is 3.17. The van der Waals surface area contributed by atoms with Crippen molar-refractivity contribution in [1.29, 1.82) is 5.26 Å². The molecule has 0 aliphatic carbocycles. The predicted molar refractivity (Wildman–Crippen MR) is 77.0 cm³/mol. The van der Waals surface area contributed by atoms with Gasteiger partial charge in [0.25, 0.3) is 5.91 Å². The van der Waals surface area contributed by atoms with Crippen molar-refractivity contribution in [3.63, 3.8) is 0 Å². The molecule has 1 aromatic rings. The summed E-state index contributed by atoms with van der Waals surface area (Å²) in [5.74, 6) is -0.235. The monoisotopic (exact) mass is 289 g/mol. The molecule has 2 amide bonds. The Morgan fingerprint density at radius 1 is 1.24 bits per heavy atom. The smallest absolute Gasteiger partial charge is 0.276 e. The molecule has 0 aliphatic rings. The Labute approximate surface area is 124 Å². The van der Waals surface area contributed by atoms with Crippen molar-refractivity contribution in [1.82, 2.24) is 10.9 Å². The van der Waals surface area contributed by atoms with E-state index in [1.807, 2.05) is 13.0 Å². The zero-order valence-electron chi connectivity index (χ0n) is 12.4. The van der Waals surface area contributed by atoms with Crippen molar-refractivity contribution in [3.05, 3.63) is 29.8 Å². The number of carbonyl (C=O) groups excluding carboxylic acids is 2. The second-order valence-corrected chi connectivity index (χ2v) is 5.16. The number of amides is 2. The number of nitrogens with one attached hydrogen (secondary N) is 2. The third-order valence-electron chi connectivity index (χ3n) is 3.17. The van der Waals surface area contributed by atoms with Crippen LogP contribution in [-0.2, 0) is 9.59 Å². The predicted octanol–water partition coefficient (Wildman–Crippen LogP) is 1.52. The second kappa shape index (κ2) is 7.29. The van der Waals surface area contributed by atoms with Crippen LogP contribution >= 0.6 is 0 Å². The first kappa shape index (κ1) is 16.5. The van der Waals surface area contributed by atoms with Gasteiger partial charge in [-0.2, -0.15) is 5.26 Å². The summed E-state index contributed by atoms with van der Waals surface area (Å²) < 4.78 is 5.24. The minimum atomic E-state index is -0.540. The van der Waals surface area contributed by atoms with Gasteiger partial charge in [-0.1, -0.05) is 20.8 Å². The lowest BCUT2D eigenvalue weighted by Crippen LogP contribution is -2.48. The minimum Gasteiger partial charge on any atom is -0.484 e. The van der Waals surface area contributed by atoms with Crippen LogP contribution < -0.4 is 15.6 Å². The van der Waals surface area contributed by atoms with E-state index in [9.17, 15) is 9.59 Å². The van der Waals surface area contributed by atoms with Gasteiger partial charge in [-0.3, -0.25) is 20.4 Å². The average molecular weight is 289 g/mol. The number of hydrogen-bond donors (Lipinski definition) is 2. The van der Waals surface area contributed by atoms with Gasteiger partial charge in [-0.15, -0.1) is 0 Å². The van der Waals surface area contributed by atoms with E-state index in [0.717, 1.165) is 0 Å². The minimum absolute atomic E-state index is 0.223. The Hall–Kier alpha value is -2.55. The van der Waals surface area contributed by atoms with E-state index < -0.39 is 11.3 Å². The summed E-state index contributed by atoms with van der Waals surface area (Å²) in [5.41, 5.74) is 4.64. The van der Waals surface area contributed by atoms with Crippen LogP contribution in [-0.4, -0.2) is 18.4 Å². The molecule has 2 N–H and O–H groups in total. The summed E-state index contributed by atoms with van der Waals surface area (Å²) in [6.07, 6.45) is 0.663. The quantitative estimate of drug-likeness (QED) is 0.804. The molecule has 6 nitrogen and oxygen atoms in total. The van der Waals surface area contributed by atoms with Gasteiger partial charge in [0.2, 0.25) is 5.91 Å².